The zero-order valence-electron chi connectivity index (χ0n) is 15.4. The van der Waals surface area contributed by atoms with E-state index in [0.717, 1.165) is 18.5 Å². The maximum Gasteiger partial charge on any atom is 0.264 e. The fraction of sp³-hybridized carbons (Fsp3) is 0.217. The lowest BCUT2D eigenvalue weighted by Gasteiger charge is -2.23. The van der Waals surface area contributed by atoms with E-state index in [-0.39, 0.29) is 11.8 Å². The Bertz CT molecular complexity index is 1060. The number of amides is 2. The number of rotatable bonds is 3. The quantitative estimate of drug-likeness (QED) is 0.559. The molecule has 1 saturated heterocycles. The summed E-state index contributed by atoms with van der Waals surface area (Å²) in [5, 5.41) is 4.93. The highest BCUT2D eigenvalue weighted by molar-refractivity contribution is 7.12. The number of hydrogen-bond donors (Lipinski definition) is 1. The van der Waals surface area contributed by atoms with Crippen LogP contribution in [0.1, 0.15) is 33.6 Å². The van der Waals surface area contributed by atoms with Gasteiger partial charge in [-0.25, -0.2) is 0 Å². The van der Waals surface area contributed by atoms with Crippen molar-refractivity contribution >= 4 is 28.8 Å². The molecule has 1 aliphatic heterocycles. The summed E-state index contributed by atoms with van der Waals surface area (Å²) in [7, 11) is 0. The number of carbonyl (C=O) groups excluding carboxylic acids is 2. The Kier molecular flexibility index (Phi) is 4.24. The normalized spacial score (nSPS) is 17.3. The van der Waals surface area contributed by atoms with Crippen LogP contribution in [-0.4, -0.2) is 29.3 Å². The van der Waals surface area contributed by atoms with Gasteiger partial charge >= 0.3 is 0 Å². The maximum absolute atomic E-state index is 12.9. The fourth-order valence-corrected chi connectivity index (χ4v) is 4.93. The summed E-state index contributed by atoms with van der Waals surface area (Å²) in [5.41, 5.74) is 5.82. The predicted molar refractivity (Wildman–Crippen MR) is 112 cm³/mol. The van der Waals surface area contributed by atoms with Crippen LogP contribution in [0.15, 0.2) is 60.0 Å². The summed E-state index contributed by atoms with van der Waals surface area (Å²) in [5.74, 6) is -0.149. The molecule has 1 fully saturated rings. The molecule has 1 N–H and O–H groups in total. The zero-order valence-corrected chi connectivity index (χ0v) is 16.2. The van der Waals surface area contributed by atoms with Crippen LogP contribution >= 0.6 is 11.3 Å². The first-order chi connectivity index (χ1) is 13.7. The number of likely N-dealkylation sites (tertiary alicyclic amines) is 1. The monoisotopic (exact) mass is 388 g/mol. The van der Waals surface area contributed by atoms with Gasteiger partial charge in [0.1, 0.15) is 6.04 Å². The van der Waals surface area contributed by atoms with Gasteiger partial charge in [-0.2, -0.15) is 0 Å². The van der Waals surface area contributed by atoms with E-state index in [1.165, 1.54) is 33.6 Å². The first-order valence-corrected chi connectivity index (χ1v) is 10.5. The molecule has 5 rings (SSSR count). The van der Waals surface area contributed by atoms with Crippen molar-refractivity contribution in [2.45, 2.75) is 25.3 Å². The van der Waals surface area contributed by atoms with E-state index >= 15 is 0 Å². The van der Waals surface area contributed by atoms with E-state index in [2.05, 4.69) is 35.6 Å². The van der Waals surface area contributed by atoms with Gasteiger partial charge in [0.15, 0.2) is 0 Å². The first-order valence-electron chi connectivity index (χ1n) is 9.57. The number of thiophene rings is 1. The lowest BCUT2D eigenvalue weighted by molar-refractivity contribution is -0.119. The van der Waals surface area contributed by atoms with Crippen LogP contribution in [-0.2, 0) is 11.2 Å². The lowest BCUT2D eigenvalue weighted by Crippen LogP contribution is -2.42. The molecule has 2 amide bonds. The van der Waals surface area contributed by atoms with Gasteiger partial charge in [0.2, 0.25) is 5.91 Å². The summed E-state index contributed by atoms with van der Waals surface area (Å²) in [6, 6.07) is 17.8. The van der Waals surface area contributed by atoms with E-state index in [1.807, 2.05) is 29.6 Å². The van der Waals surface area contributed by atoms with Crippen molar-refractivity contribution in [3.8, 4) is 11.1 Å². The highest BCUT2D eigenvalue weighted by Gasteiger charge is 2.35. The van der Waals surface area contributed by atoms with Gasteiger partial charge in [0.25, 0.3) is 5.91 Å². The molecule has 2 aromatic carbocycles. The molecule has 1 aliphatic carbocycles. The van der Waals surface area contributed by atoms with Crippen LogP contribution in [0.2, 0.25) is 0 Å². The van der Waals surface area contributed by atoms with Crippen LogP contribution in [0.3, 0.4) is 0 Å². The minimum Gasteiger partial charge on any atom is -0.326 e. The lowest BCUT2D eigenvalue weighted by atomic mass is 10.1. The fourth-order valence-electron chi connectivity index (χ4n) is 4.25. The topological polar surface area (TPSA) is 49.4 Å². The van der Waals surface area contributed by atoms with Crippen LogP contribution < -0.4 is 5.32 Å². The number of carbonyl (C=O) groups is 2. The molecule has 1 atom stereocenters. The molecule has 3 aromatic rings. The van der Waals surface area contributed by atoms with Crippen molar-refractivity contribution in [3.05, 3.63) is 76.0 Å². The second-order valence-electron chi connectivity index (χ2n) is 7.33. The van der Waals surface area contributed by atoms with Crippen molar-refractivity contribution < 1.29 is 9.59 Å². The van der Waals surface area contributed by atoms with Crippen molar-refractivity contribution in [2.24, 2.45) is 0 Å². The standard InChI is InChI=1S/C23H20N2O2S/c26-22(20-7-3-11-25(20)23(27)21-8-4-12-28-21)24-17-10-9-16-13-15-5-1-2-6-18(15)19(16)14-17/h1-2,4-6,8-10,12,14,20H,3,7,11,13H2,(H,24,26). The number of hydrogen-bond acceptors (Lipinski definition) is 3. The summed E-state index contributed by atoms with van der Waals surface area (Å²) in [6.07, 6.45) is 2.49. The molecule has 0 bridgehead atoms. The molecule has 2 heterocycles. The van der Waals surface area contributed by atoms with E-state index in [0.29, 0.717) is 17.8 Å². The Morgan fingerprint density at radius 1 is 1.00 bits per heavy atom. The van der Waals surface area contributed by atoms with E-state index in [9.17, 15) is 9.59 Å². The van der Waals surface area contributed by atoms with Gasteiger partial charge in [0.05, 0.1) is 4.88 Å². The number of nitrogens with one attached hydrogen (secondary N) is 1. The largest absolute Gasteiger partial charge is 0.326 e. The molecular weight excluding hydrogens is 368 g/mol. The number of anilines is 1. The third-order valence-electron chi connectivity index (χ3n) is 5.61. The molecule has 1 aromatic heterocycles. The summed E-state index contributed by atoms with van der Waals surface area (Å²) in [6.45, 7) is 0.631. The molecule has 0 spiro atoms. The minimum atomic E-state index is -0.407. The molecule has 0 saturated carbocycles. The van der Waals surface area contributed by atoms with E-state index in [1.54, 1.807) is 4.90 Å². The molecule has 2 aliphatic rings. The zero-order chi connectivity index (χ0) is 19.1. The first kappa shape index (κ1) is 17.2. The van der Waals surface area contributed by atoms with Crippen LogP contribution in [0.25, 0.3) is 11.1 Å². The number of fused-ring (bicyclic) bond motifs is 3. The van der Waals surface area contributed by atoms with Crippen LogP contribution in [0.5, 0.6) is 0 Å². The van der Waals surface area contributed by atoms with E-state index < -0.39 is 6.04 Å². The molecule has 0 radical (unpaired) electrons. The SMILES string of the molecule is O=C(Nc1ccc2c(c1)-c1ccccc1C2)C1CCCN1C(=O)c1cccs1. The van der Waals surface area contributed by atoms with Crippen LogP contribution in [0, 0.1) is 0 Å². The van der Waals surface area contributed by atoms with Crippen LogP contribution in [0.4, 0.5) is 5.69 Å². The van der Waals surface area contributed by atoms with Gasteiger partial charge < -0.3 is 10.2 Å². The van der Waals surface area contributed by atoms with Crippen molar-refractivity contribution in [1.82, 2.24) is 4.90 Å². The Morgan fingerprint density at radius 2 is 1.86 bits per heavy atom. The van der Waals surface area contributed by atoms with Gasteiger partial charge in [-0.3, -0.25) is 9.59 Å². The molecule has 4 nitrogen and oxygen atoms in total. The van der Waals surface area contributed by atoms with Crippen molar-refractivity contribution in [3.63, 3.8) is 0 Å². The molecular formula is C23H20N2O2S. The Morgan fingerprint density at radius 3 is 2.71 bits per heavy atom. The second kappa shape index (κ2) is 6.91. The molecule has 5 heteroatoms. The third-order valence-corrected chi connectivity index (χ3v) is 6.47. The summed E-state index contributed by atoms with van der Waals surface area (Å²) >= 11 is 1.42. The van der Waals surface area contributed by atoms with Crippen molar-refractivity contribution in [1.29, 1.82) is 0 Å². The second-order valence-corrected chi connectivity index (χ2v) is 8.28. The summed E-state index contributed by atoms with van der Waals surface area (Å²) < 4.78 is 0. The van der Waals surface area contributed by atoms with Gasteiger partial charge in [0, 0.05) is 12.2 Å². The Labute approximate surface area is 167 Å². The minimum absolute atomic E-state index is 0.0458. The average Bonchev–Trinajstić information content (AvgIpc) is 3.46. The highest BCUT2D eigenvalue weighted by Crippen LogP contribution is 2.38. The average molecular weight is 388 g/mol. The molecule has 140 valence electrons. The van der Waals surface area contributed by atoms with E-state index in [4.69, 9.17) is 0 Å². The maximum atomic E-state index is 12.9. The van der Waals surface area contributed by atoms with Crippen molar-refractivity contribution in [2.75, 3.05) is 11.9 Å². The van der Waals surface area contributed by atoms with Gasteiger partial charge in [-0.1, -0.05) is 36.4 Å². The Balaban J connectivity index is 1.36. The highest BCUT2D eigenvalue weighted by atomic mass is 32.1. The summed E-state index contributed by atoms with van der Waals surface area (Å²) in [4.78, 5) is 28.1. The number of nitrogens with zero attached hydrogens (tertiary/aromatic N) is 1. The Hall–Kier alpha value is -2.92. The third kappa shape index (κ3) is 2.92. The number of benzene rings is 2. The smallest absolute Gasteiger partial charge is 0.264 e. The molecule has 1 unspecified atom stereocenters. The predicted octanol–water partition coefficient (Wildman–Crippen LogP) is 4.56. The van der Waals surface area contributed by atoms with Gasteiger partial charge in [-0.05, 0) is 65.1 Å². The molecule has 28 heavy (non-hydrogen) atoms. The van der Waals surface area contributed by atoms with Gasteiger partial charge in [-0.15, -0.1) is 11.3 Å².